The Balaban J connectivity index is 1.57. The van der Waals surface area contributed by atoms with Crippen LogP contribution in [0.3, 0.4) is 0 Å². The molecule has 126 valence electrons. The lowest BCUT2D eigenvalue weighted by molar-refractivity contribution is -0.139. The van der Waals surface area contributed by atoms with E-state index in [1.54, 1.807) is 0 Å². The molecule has 24 heavy (non-hydrogen) atoms. The number of carbonyl (C=O) groups is 1. The van der Waals surface area contributed by atoms with Crippen molar-refractivity contribution in [3.8, 4) is 0 Å². The lowest BCUT2D eigenvalue weighted by Crippen LogP contribution is -2.38. The zero-order valence-corrected chi connectivity index (χ0v) is 13.9. The molecule has 3 rings (SSSR count). The van der Waals surface area contributed by atoms with Crippen LogP contribution >= 0.6 is 0 Å². The molecule has 0 spiro atoms. The predicted molar refractivity (Wildman–Crippen MR) is 96.1 cm³/mol. The highest BCUT2D eigenvalue weighted by Gasteiger charge is 2.18. The van der Waals surface area contributed by atoms with E-state index in [4.69, 9.17) is 0 Å². The number of carboxylic acids is 1. The normalized spacial score (nSPS) is 16.2. The van der Waals surface area contributed by atoms with Crippen LogP contribution < -0.4 is 5.32 Å². The maximum Gasteiger partial charge on any atom is 0.321 e. The Bertz CT molecular complexity index is 645. The van der Waals surface area contributed by atoms with E-state index in [0.29, 0.717) is 13.0 Å². The Labute approximate surface area is 143 Å². The molecule has 0 saturated heterocycles. The second-order valence-corrected chi connectivity index (χ2v) is 6.68. The maximum atomic E-state index is 11.5. The first-order valence-corrected chi connectivity index (χ1v) is 8.81. The third-order valence-corrected chi connectivity index (χ3v) is 4.94. The van der Waals surface area contributed by atoms with E-state index in [9.17, 15) is 9.90 Å². The van der Waals surface area contributed by atoms with E-state index in [-0.39, 0.29) is 0 Å². The second kappa shape index (κ2) is 8.11. The summed E-state index contributed by atoms with van der Waals surface area (Å²) >= 11 is 0. The Hall–Kier alpha value is -2.13. The summed E-state index contributed by atoms with van der Waals surface area (Å²) in [6.07, 6.45) is 5.78. The van der Waals surface area contributed by atoms with Gasteiger partial charge in [0.2, 0.25) is 0 Å². The number of carboxylic acid groups (broad SMARTS) is 1. The number of nitrogens with one attached hydrogen (secondary N) is 1. The number of aliphatic carboxylic acids is 1. The molecule has 0 unspecified atom stereocenters. The zero-order chi connectivity index (χ0) is 16.8. The summed E-state index contributed by atoms with van der Waals surface area (Å²) in [5, 5.41) is 12.6. The lowest BCUT2D eigenvalue weighted by Gasteiger charge is -2.15. The SMILES string of the molecule is O=C(O)[C@H](Cc1ccccc1)NCc1ccc(C2CCCC2)cc1. The minimum Gasteiger partial charge on any atom is -0.480 e. The summed E-state index contributed by atoms with van der Waals surface area (Å²) in [6, 6.07) is 17.9. The molecule has 1 aliphatic carbocycles. The smallest absolute Gasteiger partial charge is 0.321 e. The van der Waals surface area contributed by atoms with E-state index in [1.807, 2.05) is 30.3 Å². The van der Waals surface area contributed by atoms with Crippen LogP contribution in [0.25, 0.3) is 0 Å². The van der Waals surface area contributed by atoms with E-state index < -0.39 is 12.0 Å². The number of hydrogen-bond donors (Lipinski definition) is 2. The van der Waals surface area contributed by atoms with Gasteiger partial charge in [-0.05, 0) is 41.9 Å². The Morgan fingerprint density at radius 1 is 1.00 bits per heavy atom. The molecule has 0 amide bonds. The summed E-state index contributed by atoms with van der Waals surface area (Å²) < 4.78 is 0. The molecule has 0 radical (unpaired) electrons. The molecule has 2 N–H and O–H groups in total. The molecule has 1 fully saturated rings. The Kier molecular flexibility index (Phi) is 5.65. The van der Waals surface area contributed by atoms with Gasteiger partial charge >= 0.3 is 5.97 Å². The van der Waals surface area contributed by atoms with Gasteiger partial charge in [0.05, 0.1) is 0 Å². The van der Waals surface area contributed by atoms with Gasteiger partial charge < -0.3 is 10.4 Å². The van der Waals surface area contributed by atoms with Gasteiger partial charge in [-0.1, -0.05) is 67.4 Å². The quantitative estimate of drug-likeness (QED) is 0.805. The first-order chi connectivity index (χ1) is 11.7. The van der Waals surface area contributed by atoms with Gasteiger partial charge in [0, 0.05) is 6.54 Å². The van der Waals surface area contributed by atoms with Crippen molar-refractivity contribution in [2.75, 3.05) is 0 Å². The van der Waals surface area contributed by atoms with Crippen molar-refractivity contribution in [1.82, 2.24) is 5.32 Å². The van der Waals surface area contributed by atoms with Gasteiger partial charge in [-0.25, -0.2) is 0 Å². The van der Waals surface area contributed by atoms with E-state index in [0.717, 1.165) is 17.0 Å². The molecule has 1 atom stereocenters. The molecule has 3 heteroatoms. The molecule has 3 nitrogen and oxygen atoms in total. The number of rotatable bonds is 7. The molecule has 0 aliphatic heterocycles. The standard InChI is InChI=1S/C21H25NO2/c23-21(24)20(14-16-6-2-1-3-7-16)22-15-17-10-12-19(13-11-17)18-8-4-5-9-18/h1-3,6-7,10-13,18,20,22H,4-5,8-9,14-15H2,(H,23,24)/t20-/m0/s1. The molecule has 2 aromatic rings. The fraction of sp³-hybridized carbons (Fsp3) is 0.381. The van der Waals surface area contributed by atoms with Crippen LogP contribution in [0, 0.1) is 0 Å². The van der Waals surface area contributed by atoms with E-state index in [2.05, 4.69) is 29.6 Å². The van der Waals surface area contributed by atoms with Gasteiger partial charge in [0.25, 0.3) is 0 Å². The lowest BCUT2D eigenvalue weighted by atomic mass is 9.96. The summed E-state index contributed by atoms with van der Waals surface area (Å²) in [5.74, 6) is -0.0849. The monoisotopic (exact) mass is 323 g/mol. The topological polar surface area (TPSA) is 49.3 Å². The molecule has 1 saturated carbocycles. The Morgan fingerprint density at radius 2 is 1.67 bits per heavy atom. The third-order valence-electron chi connectivity index (χ3n) is 4.94. The van der Waals surface area contributed by atoms with E-state index >= 15 is 0 Å². The minimum absolute atomic E-state index is 0.496. The summed E-state index contributed by atoms with van der Waals surface area (Å²) in [7, 11) is 0. The van der Waals surface area contributed by atoms with Crippen molar-refractivity contribution in [2.24, 2.45) is 0 Å². The molecule has 2 aromatic carbocycles. The highest BCUT2D eigenvalue weighted by molar-refractivity contribution is 5.73. The van der Waals surface area contributed by atoms with E-state index in [1.165, 1.54) is 31.2 Å². The van der Waals surface area contributed by atoms with Crippen molar-refractivity contribution >= 4 is 5.97 Å². The average Bonchev–Trinajstić information content (AvgIpc) is 3.14. The van der Waals surface area contributed by atoms with Gasteiger partial charge in [-0.3, -0.25) is 4.79 Å². The first-order valence-electron chi connectivity index (χ1n) is 8.81. The summed E-state index contributed by atoms with van der Waals surface area (Å²) in [4.78, 5) is 11.5. The zero-order valence-electron chi connectivity index (χ0n) is 13.9. The molecule has 1 aliphatic rings. The van der Waals surface area contributed by atoms with Crippen LogP contribution in [0.5, 0.6) is 0 Å². The highest BCUT2D eigenvalue weighted by Crippen LogP contribution is 2.33. The van der Waals surface area contributed by atoms with Crippen LogP contribution in [0.4, 0.5) is 0 Å². The van der Waals surface area contributed by atoms with Gasteiger partial charge in [0.15, 0.2) is 0 Å². The fourth-order valence-corrected chi connectivity index (χ4v) is 3.50. The van der Waals surface area contributed by atoms with Crippen molar-refractivity contribution in [2.45, 2.75) is 50.6 Å². The van der Waals surface area contributed by atoms with Crippen LogP contribution in [0.1, 0.15) is 48.3 Å². The number of hydrogen-bond acceptors (Lipinski definition) is 2. The van der Waals surface area contributed by atoms with Crippen molar-refractivity contribution in [3.05, 3.63) is 71.3 Å². The van der Waals surface area contributed by atoms with Gasteiger partial charge in [0.1, 0.15) is 6.04 Å². The van der Waals surface area contributed by atoms with Crippen molar-refractivity contribution in [3.63, 3.8) is 0 Å². The molecule has 0 bridgehead atoms. The van der Waals surface area contributed by atoms with Gasteiger partial charge in [-0.2, -0.15) is 0 Å². The largest absolute Gasteiger partial charge is 0.480 e. The Morgan fingerprint density at radius 3 is 2.29 bits per heavy atom. The molecule has 0 heterocycles. The van der Waals surface area contributed by atoms with Crippen molar-refractivity contribution < 1.29 is 9.90 Å². The molecular weight excluding hydrogens is 298 g/mol. The summed E-state index contributed by atoms with van der Waals surface area (Å²) in [6.45, 7) is 0.578. The van der Waals surface area contributed by atoms with Gasteiger partial charge in [-0.15, -0.1) is 0 Å². The number of benzene rings is 2. The highest BCUT2D eigenvalue weighted by atomic mass is 16.4. The second-order valence-electron chi connectivity index (χ2n) is 6.68. The van der Waals surface area contributed by atoms with Crippen LogP contribution in [0.15, 0.2) is 54.6 Å². The molecular formula is C21H25NO2. The fourth-order valence-electron chi connectivity index (χ4n) is 3.50. The maximum absolute atomic E-state index is 11.5. The molecule has 0 aromatic heterocycles. The van der Waals surface area contributed by atoms with Crippen molar-refractivity contribution in [1.29, 1.82) is 0 Å². The third kappa shape index (κ3) is 4.45. The predicted octanol–water partition coefficient (Wildman–Crippen LogP) is 4.13. The van der Waals surface area contributed by atoms with Crippen LogP contribution in [-0.4, -0.2) is 17.1 Å². The summed E-state index contributed by atoms with van der Waals surface area (Å²) in [5.41, 5.74) is 3.60. The van der Waals surface area contributed by atoms with Crippen LogP contribution in [0.2, 0.25) is 0 Å². The first kappa shape index (κ1) is 16.7. The minimum atomic E-state index is -0.804. The van der Waals surface area contributed by atoms with Crippen LogP contribution in [-0.2, 0) is 17.8 Å². The average molecular weight is 323 g/mol.